The molecule has 0 aliphatic heterocycles. The van der Waals surface area contributed by atoms with Gasteiger partial charge < -0.3 is 4.90 Å². The van der Waals surface area contributed by atoms with Gasteiger partial charge in [0, 0.05) is 5.54 Å². The molecule has 0 amide bonds. The predicted octanol–water partition coefficient (Wildman–Crippen LogP) is 3.33. The van der Waals surface area contributed by atoms with Gasteiger partial charge in [-0.2, -0.15) is 0 Å². The van der Waals surface area contributed by atoms with Gasteiger partial charge in [0.05, 0.1) is 6.04 Å². The van der Waals surface area contributed by atoms with Crippen LogP contribution in [0.3, 0.4) is 0 Å². The molecule has 0 spiro atoms. The lowest BCUT2D eigenvalue weighted by Gasteiger charge is -2.44. The zero-order valence-electron chi connectivity index (χ0n) is 13.4. The van der Waals surface area contributed by atoms with Gasteiger partial charge in [-0.15, -0.1) is 0 Å². The Balaban J connectivity index is 1.99. The summed E-state index contributed by atoms with van der Waals surface area (Å²) in [6, 6.07) is 9.19. The maximum atomic E-state index is 6.06. The Kier molecular flexibility index (Phi) is 4.34. The number of nitrogens with two attached hydrogens (primary N) is 1. The van der Waals surface area contributed by atoms with Gasteiger partial charge in [-0.25, -0.2) is 0 Å². The van der Waals surface area contributed by atoms with Crippen molar-refractivity contribution in [2.75, 3.05) is 14.1 Å². The Morgan fingerprint density at radius 3 is 2.33 bits per heavy atom. The first kappa shape index (κ1) is 15.0. The standard InChI is InChI=1S/C18H29N3/c1-21(2)18(12-5-6-13-18)17(20-19)16-11-4-3-10-15(16)14-8-7-9-14/h3-4,10-11,14,17,20H,5-9,12-13,19H2,1-2H3. The number of hydrazine groups is 1. The Morgan fingerprint density at radius 2 is 1.81 bits per heavy atom. The minimum absolute atomic E-state index is 0.161. The third-order valence-corrected chi connectivity index (χ3v) is 5.92. The summed E-state index contributed by atoms with van der Waals surface area (Å²) in [7, 11) is 4.42. The molecule has 3 nitrogen and oxygen atoms in total. The smallest absolute Gasteiger partial charge is 0.0646 e. The molecule has 2 aliphatic carbocycles. The van der Waals surface area contributed by atoms with E-state index in [0.717, 1.165) is 5.92 Å². The van der Waals surface area contributed by atoms with Crippen LogP contribution in [0.4, 0.5) is 0 Å². The van der Waals surface area contributed by atoms with E-state index >= 15 is 0 Å². The minimum atomic E-state index is 0.161. The molecule has 3 N–H and O–H groups in total. The first-order valence-electron chi connectivity index (χ1n) is 8.41. The van der Waals surface area contributed by atoms with Crippen molar-refractivity contribution in [3.05, 3.63) is 35.4 Å². The lowest BCUT2D eigenvalue weighted by atomic mass is 9.73. The highest BCUT2D eigenvalue weighted by molar-refractivity contribution is 5.36. The van der Waals surface area contributed by atoms with Gasteiger partial charge in [-0.3, -0.25) is 11.3 Å². The van der Waals surface area contributed by atoms with E-state index in [1.165, 1.54) is 56.1 Å². The second-order valence-corrected chi connectivity index (χ2v) is 7.06. The lowest BCUT2D eigenvalue weighted by molar-refractivity contribution is 0.104. The molecule has 2 fully saturated rings. The van der Waals surface area contributed by atoms with Gasteiger partial charge in [0.2, 0.25) is 0 Å². The molecule has 116 valence electrons. The minimum Gasteiger partial charge on any atom is -0.302 e. The highest BCUT2D eigenvalue weighted by atomic mass is 15.3. The number of hydrogen-bond acceptors (Lipinski definition) is 3. The highest BCUT2D eigenvalue weighted by Crippen LogP contribution is 2.46. The Labute approximate surface area is 128 Å². The molecular weight excluding hydrogens is 258 g/mol. The number of nitrogens with one attached hydrogen (secondary N) is 1. The molecular formula is C18H29N3. The van der Waals surface area contributed by atoms with E-state index in [9.17, 15) is 0 Å². The fraction of sp³-hybridized carbons (Fsp3) is 0.667. The van der Waals surface area contributed by atoms with E-state index in [4.69, 9.17) is 5.84 Å². The van der Waals surface area contributed by atoms with Crippen molar-refractivity contribution in [3.63, 3.8) is 0 Å². The first-order valence-corrected chi connectivity index (χ1v) is 8.41. The summed E-state index contributed by atoms with van der Waals surface area (Å²) in [5, 5.41) is 0. The average molecular weight is 287 g/mol. The maximum absolute atomic E-state index is 6.06. The molecule has 2 aliphatic rings. The van der Waals surface area contributed by atoms with Crippen molar-refractivity contribution < 1.29 is 0 Å². The molecule has 1 atom stereocenters. The number of hydrogen-bond donors (Lipinski definition) is 2. The molecule has 1 unspecified atom stereocenters. The zero-order chi connectivity index (χ0) is 14.9. The summed E-state index contributed by atoms with van der Waals surface area (Å²) in [5.41, 5.74) is 6.30. The molecule has 3 heteroatoms. The van der Waals surface area contributed by atoms with E-state index in [1.54, 1.807) is 0 Å². The molecule has 2 saturated carbocycles. The molecule has 0 saturated heterocycles. The number of rotatable bonds is 5. The summed E-state index contributed by atoms with van der Waals surface area (Å²) < 4.78 is 0. The van der Waals surface area contributed by atoms with Crippen LogP contribution in [-0.2, 0) is 0 Å². The number of benzene rings is 1. The summed E-state index contributed by atoms with van der Waals surface area (Å²) in [6.45, 7) is 0. The van der Waals surface area contributed by atoms with Crippen LogP contribution in [0.5, 0.6) is 0 Å². The molecule has 1 aromatic rings. The van der Waals surface area contributed by atoms with E-state index in [-0.39, 0.29) is 11.6 Å². The number of likely N-dealkylation sites (N-methyl/N-ethyl adjacent to an activating group) is 1. The average Bonchev–Trinajstić information content (AvgIpc) is 2.90. The van der Waals surface area contributed by atoms with Crippen LogP contribution in [0.1, 0.15) is 68.0 Å². The summed E-state index contributed by atoms with van der Waals surface area (Å²) in [6.07, 6.45) is 9.12. The molecule has 0 aromatic heterocycles. The van der Waals surface area contributed by atoms with Crippen LogP contribution in [-0.4, -0.2) is 24.5 Å². The largest absolute Gasteiger partial charge is 0.302 e. The van der Waals surface area contributed by atoms with Crippen LogP contribution >= 0.6 is 0 Å². The summed E-state index contributed by atoms with van der Waals surface area (Å²) >= 11 is 0. The van der Waals surface area contributed by atoms with Crippen molar-refractivity contribution in [2.24, 2.45) is 5.84 Å². The first-order chi connectivity index (χ1) is 10.2. The van der Waals surface area contributed by atoms with Crippen molar-refractivity contribution in [1.29, 1.82) is 0 Å². The Morgan fingerprint density at radius 1 is 1.14 bits per heavy atom. The van der Waals surface area contributed by atoms with Gasteiger partial charge >= 0.3 is 0 Å². The fourth-order valence-electron chi connectivity index (χ4n) is 4.38. The van der Waals surface area contributed by atoms with E-state index < -0.39 is 0 Å². The van der Waals surface area contributed by atoms with Crippen molar-refractivity contribution in [2.45, 2.75) is 62.4 Å². The van der Waals surface area contributed by atoms with E-state index in [2.05, 4.69) is 48.7 Å². The predicted molar refractivity (Wildman–Crippen MR) is 88.0 cm³/mol. The lowest BCUT2D eigenvalue weighted by Crippen LogP contribution is -2.54. The van der Waals surface area contributed by atoms with Gasteiger partial charge in [0.1, 0.15) is 0 Å². The molecule has 3 rings (SSSR count). The molecule has 21 heavy (non-hydrogen) atoms. The molecule has 0 radical (unpaired) electrons. The third-order valence-electron chi connectivity index (χ3n) is 5.92. The van der Waals surface area contributed by atoms with Crippen molar-refractivity contribution in [1.82, 2.24) is 10.3 Å². The van der Waals surface area contributed by atoms with Gasteiger partial charge in [-0.1, -0.05) is 43.5 Å². The Bertz CT molecular complexity index is 473. The fourth-order valence-corrected chi connectivity index (χ4v) is 4.38. The monoisotopic (exact) mass is 287 g/mol. The van der Waals surface area contributed by atoms with Crippen LogP contribution < -0.4 is 11.3 Å². The van der Waals surface area contributed by atoms with Crippen LogP contribution in [0.15, 0.2) is 24.3 Å². The zero-order valence-corrected chi connectivity index (χ0v) is 13.4. The van der Waals surface area contributed by atoms with Crippen LogP contribution in [0.2, 0.25) is 0 Å². The molecule has 1 aromatic carbocycles. The number of nitrogens with zero attached hydrogens (tertiary/aromatic N) is 1. The molecule has 0 heterocycles. The quantitative estimate of drug-likeness (QED) is 0.645. The van der Waals surface area contributed by atoms with Gasteiger partial charge in [0.15, 0.2) is 0 Å². The Hall–Kier alpha value is -0.900. The molecule has 0 bridgehead atoms. The van der Waals surface area contributed by atoms with Crippen molar-refractivity contribution in [3.8, 4) is 0 Å². The van der Waals surface area contributed by atoms with E-state index in [1.807, 2.05) is 0 Å². The highest BCUT2D eigenvalue weighted by Gasteiger charge is 2.44. The second-order valence-electron chi connectivity index (χ2n) is 7.06. The van der Waals surface area contributed by atoms with E-state index in [0.29, 0.717) is 0 Å². The maximum Gasteiger partial charge on any atom is 0.0646 e. The SMILES string of the molecule is CN(C)C1(C(NN)c2ccccc2C2CCC2)CCCC1. The van der Waals surface area contributed by atoms with Crippen molar-refractivity contribution >= 4 is 0 Å². The summed E-state index contributed by atoms with van der Waals surface area (Å²) in [4.78, 5) is 2.40. The van der Waals surface area contributed by atoms with Gasteiger partial charge in [0.25, 0.3) is 0 Å². The third kappa shape index (κ3) is 2.52. The van der Waals surface area contributed by atoms with Crippen LogP contribution in [0.25, 0.3) is 0 Å². The topological polar surface area (TPSA) is 41.3 Å². The van der Waals surface area contributed by atoms with Crippen LogP contribution in [0, 0.1) is 0 Å². The summed E-state index contributed by atoms with van der Waals surface area (Å²) in [5.74, 6) is 6.81. The normalized spacial score (nSPS) is 23.2. The van der Waals surface area contributed by atoms with Gasteiger partial charge in [-0.05, 0) is 56.8 Å². The second kappa shape index (κ2) is 6.07.